The molecule has 1 aliphatic carbocycles. The van der Waals surface area contributed by atoms with Crippen molar-refractivity contribution in [1.29, 1.82) is 0 Å². The minimum Gasteiger partial charge on any atom is -0.385 e. The van der Waals surface area contributed by atoms with Crippen LogP contribution in [-0.4, -0.2) is 19.0 Å². The zero-order valence-electron chi connectivity index (χ0n) is 10.7. The van der Waals surface area contributed by atoms with Crippen LogP contribution >= 0.6 is 0 Å². The predicted octanol–water partition coefficient (Wildman–Crippen LogP) is 2.57. The molecule has 1 saturated carbocycles. The van der Waals surface area contributed by atoms with Gasteiger partial charge in [-0.2, -0.15) is 0 Å². The van der Waals surface area contributed by atoms with Crippen molar-refractivity contribution in [2.24, 2.45) is 5.92 Å². The standard InChI is InChI=1S/C15H20N2O/c18-15(17-10-11-3-1-4-11)13-6-7-14-12(9-13)5-2-8-16-14/h6-7,9,11,16H,1-5,8,10H2,(H,17,18). The van der Waals surface area contributed by atoms with Crippen molar-refractivity contribution < 1.29 is 4.79 Å². The Labute approximate surface area is 108 Å². The molecule has 96 valence electrons. The van der Waals surface area contributed by atoms with E-state index < -0.39 is 0 Å². The molecule has 18 heavy (non-hydrogen) atoms. The van der Waals surface area contributed by atoms with Crippen molar-refractivity contribution in [3.63, 3.8) is 0 Å². The molecule has 1 aromatic rings. The molecule has 3 rings (SSSR count). The minimum atomic E-state index is 0.0790. The lowest BCUT2D eigenvalue weighted by atomic mass is 9.85. The molecule has 0 radical (unpaired) electrons. The summed E-state index contributed by atoms with van der Waals surface area (Å²) in [6.45, 7) is 1.88. The monoisotopic (exact) mass is 244 g/mol. The molecule has 0 bridgehead atoms. The highest BCUT2D eigenvalue weighted by Gasteiger charge is 2.18. The van der Waals surface area contributed by atoms with E-state index in [2.05, 4.69) is 10.6 Å². The molecule has 0 atom stereocenters. The Kier molecular flexibility index (Phi) is 3.22. The number of fused-ring (bicyclic) bond motifs is 1. The number of anilines is 1. The van der Waals surface area contributed by atoms with E-state index in [-0.39, 0.29) is 5.91 Å². The van der Waals surface area contributed by atoms with Gasteiger partial charge in [0.2, 0.25) is 0 Å². The van der Waals surface area contributed by atoms with E-state index in [9.17, 15) is 4.79 Å². The van der Waals surface area contributed by atoms with Crippen molar-refractivity contribution in [2.45, 2.75) is 32.1 Å². The fourth-order valence-electron chi connectivity index (χ4n) is 2.65. The van der Waals surface area contributed by atoms with E-state index >= 15 is 0 Å². The Morgan fingerprint density at radius 1 is 1.33 bits per heavy atom. The quantitative estimate of drug-likeness (QED) is 0.858. The first-order chi connectivity index (χ1) is 8.83. The molecule has 0 saturated heterocycles. The minimum absolute atomic E-state index is 0.0790. The van der Waals surface area contributed by atoms with Crippen molar-refractivity contribution in [3.8, 4) is 0 Å². The Morgan fingerprint density at radius 3 is 3.00 bits per heavy atom. The van der Waals surface area contributed by atoms with Gasteiger partial charge in [-0.1, -0.05) is 6.42 Å². The van der Waals surface area contributed by atoms with Gasteiger partial charge < -0.3 is 10.6 Å². The number of hydrogen-bond donors (Lipinski definition) is 2. The maximum absolute atomic E-state index is 12.0. The van der Waals surface area contributed by atoms with E-state index in [0.717, 1.165) is 31.5 Å². The highest BCUT2D eigenvalue weighted by Crippen LogP contribution is 2.26. The van der Waals surface area contributed by atoms with E-state index in [1.54, 1.807) is 0 Å². The molecule has 1 fully saturated rings. The summed E-state index contributed by atoms with van der Waals surface area (Å²) in [6.07, 6.45) is 6.10. The van der Waals surface area contributed by atoms with Gasteiger partial charge in [-0.25, -0.2) is 0 Å². The summed E-state index contributed by atoms with van der Waals surface area (Å²) < 4.78 is 0. The fraction of sp³-hybridized carbons (Fsp3) is 0.533. The number of carbonyl (C=O) groups excluding carboxylic acids is 1. The van der Waals surface area contributed by atoms with Crippen molar-refractivity contribution in [2.75, 3.05) is 18.4 Å². The molecular formula is C15H20N2O. The van der Waals surface area contributed by atoms with Gasteiger partial charge in [-0.3, -0.25) is 4.79 Å². The SMILES string of the molecule is O=C(NCC1CCC1)c1ccc2c(c1)CCCN2. The number of carbonyl (C=O) groups is 1. The molecule has 1 aromatic carbocycles. The van der Waals surface area contributed by atoms with Crippen LogP contribution in [0.1, 0.15) is 41.6 Å². The summed E-state index contributed by atoms with van der Waals surface area (Å²) in [7, 11) is 0. The highest BCUT2D eigenvalue weighted by molar-refractivity contribution is 5.95. The van der Waals surface area contributed by atoms with E-state index in [1.165, 1.54) is 30.5 Å². The normalized spacial score (nSPS) is 18.4. The van der Waals surface area contributed by atoms with Gasteiger partial charge in [0.15, 0.2) is 0 Å². The van der Waals surface area contributed by atoms with Crippen molar-refractivity contribution in [1.82, 2.24) is 5.32 Å². The second kappa shape index (κ2) is 5.01. The molecule has 0 unspecified atom stereocenters. The van der Waals surface area contributed by atoms with E-state index in [0.29, 0.717) is 5.92 Å². The van der Waals surface area contributed by atoms with Gasteiger partial charge in [0.05, 0.1) is 0 Å². The number of hydrogen-bond acceptors (Lipinski definition) is 2. The molecule has 3 heteroatoms. The topological polar surface area (TPSA) is 41.1 Å². The third kappa shape index (κ3) is 2.35. The van der Waals surface area contributed by atoms with Gasteiger partial charge in [-0.15, -0.1) is 0 Å². The molecule has 1 heterocycles. The third-order valence-electron chi connectivity index (χ3n) is 4.08. The maximum Gasteiger partial charge on any atom is 0.251 e. The zero-order chi connectivity index (χ0) is 12.4. The first-order valence-corrected chi connectivity index (χ1v) is 6.98. The van der Waals surface area contributed by atoms with Crippen LogP contribution in [0, 0.1) is 5.92 Å². The Hall–Kier alpha value is -1.51. The molecule has 0 spiro atoms. The smallest absolute Gasteiger partial charge is 0.251 e. The summed E-state index contributed by atoms with van der Waals surface area (Å²) in [5.41, 5.74) is 3.27. The lowest BCUT2D eigenvalue weighted by Crippen LogP contribution is -2.32. The average Bonchev–Trinajstić information content (AvgIpc) is 2.36. The first kappa shape index (κ1) is 11.6. The third-order valence-corrected chi connectivity index (χ3v) is 4.08. The molecular weight excluding hydrogens is 224 g/mol. The van der Waals surface area contributed by atoms with Crippen LogP contribution in [0.5, 0.6) is 0 Å². The first-order valence-electron chi connectivity index (χ1n) is 6.98. The zero-order valence-corrected chi connectivity index (χ0v) is 10.7. The second-order valence-corrected chi connectivity index (χ2v) is 5.41. The van der Waals surface area contributed by atoms with Gasteiger partial charge >= 0.3 is 0 Å². The summed E-state index contributed by atoms with van der Waals surface area (Å²) in [5, 5.41) is 6.41. The van der Waals surface area contributed by atoms with Gasteiger partial charge in [0.25, 0.3) is 5.91 Å². The van der Waals surface area contributed by atoms with Gasteiger partial charge in [-0.05, 0) is 55.4 Å². The number of aryl methyl sites for hydroxylation is 1. The van der Waals surface area contributed by atoms with E-state index in [4.69, 9.17) is 0 Å². The maximum atomic E-state index is 12.0. The highest BCUT2D eigenvalue weighted by atomic mass is 16.1. The number of nitrogens with one attached hydrogen (secondary N) is 2. The Bertz CT molecular complexity index is 452. The predicted molar refractivity (Wildman–Crippen MR) is 72.9 cm³/mol. The van der Waals surface area contributed by atoms with E-state index in [1.807, 2.05) is 18.2 Å². The van der Waals surface area contributed by atoms with Crippen molar-refractivity contribution in [3.05, 3.63) is 29.3 Å². The summed E-state index contributed by atoms with van der Waals surface area (Å²) in [5.74, 6) is 0.795. The van der Waals surface area contributed by atoms with Crippen LogP contribution in [0.15, 0.2) is 18.2 Å². The summed E-state index contributed by atoms with van der Waals surface area (Å²) >= 11 is 0. The van der Waals surface area contributed by atoms with Crippen LogP contribution < -0.4 is 10.6 Å². The van der Waals surface area contributed by atoms with Crippen LogP contribution in [0.25, 0.3) is 0 Å². The fourth-order valence-corrected chi connectivity index (χ4v) is 2.65. The molecule has 1 aliphatic heterocycles. The van der Waals surface area contributed by atoms with Crippen LogP contribution in [-0.2, 0) is 6.42 Å². The molecule has 0 aromatic heterocycles. The second-order valence-electron chi connectivity index (χ2n) is 5.41. The van der Waals surface area contributed by atoms with Gasteiger partial charge in [0.1, 0.15) is 0 Å². The van der Waals surface area contributed by atoms with Crippen molar-refractivity contribution >= 4 is 11.6 Å². The summed E-state index contributed by atoms with van der Waals surface area (Å²) in [4.78, 5) is 12.0. The number of amides is 1. The summed E-state index contributed by atoms with van der Waals surface area (Å²) in [6, 6.07) is 6.00. The number of rotatable bonds is 3. The molecule has 1 amide bonds. The lowest BCUT2D eigenvalue weighted by Gasteiger charge is -2.25. The van der Waals surface area contributed by atoms with Crippen LogP contribution in [0.4, 0.5) is 5.69 Å². The number of benzene rings is 1. The van der Waals surface area contributed by atoms with Gasteiger partial charge in [0, 0.05) is 24.3 Å². The molecule has 3 nitrogen and oxygen atoms in total. The molecule has 2 N–H and O–H groups in total. The van der Waals surface area contributed by atoms with Crippen LogP contribution in [0.2, 0.25) is 0 Å². The molecule has 2 aliphatic rings. The average molecular weight is 244 g/mol. The largest absolute Gasteiger partial charge is 0.385 e. The Morgan fingerprint density at radius 2 is 2.22 bits per heavy atom. The Balaban J connectivity index is 1.65. The van der Waals surface area contributed by atoms with Crippen LogP contribution in [0.3, 0.4) is 0 Å². The lowest BCUT2D eigenvalue weighted by molar-refractivity contribution is 0.0939.